The van der Waals surface area contributed by atoms with Crippen LogP contribution >= 0.6 is 12.4 Å². The molecule has 0 saturated carbocycles. The van der Waals surface area contributed by atoms with Crippen molar-refractivity contribution in [1.29, 1.82) is 0 Å². The van der Waals surface area contributed by atoms with Crippen LogP contribution in [0.1, 0.15) is 17.3 Å². The number of amides is 1. The highest BCUT2D eigenvalue weighted by molar-refractivity contribution is 5.95. The first-order valence-electron chi connectivity index (χ1n) is 6.88. The molecule has 1 amide bonds. The van der Waals surface area contributed by atoms with Gasteiger partial charge >= 0.3 is 0 Å². The average molecular weight is 345 g/mol. The molecule has 1 aliphatic heterocycles. The van der Waals surface area contributed by atoms with Gasteiger partial charge < -0.3 is 9.80 Å². The fourth-order valence-corrected chi connectivity index (χ4v) is 2.38. The summed E-state index contributed by atoms with van der Waals surface area (Å²) >= 11 is 0. The third-order valence-corrected chi connectivity index (χ3v) is 3.68. The van der Waals surface area contributed by atoms with Gasteiger partial charge in [0.25, 0.3) is 17.3 Å². The third-order valence-electron chi connectivity index (χ3n) is 3.68. The van der Waals surface area contributed by atoms with Crippen molar-refractivity contribution in [1.82, 2.24) is 9.80 Å². The molecule has 0 spiro atoms. The molecule has 0 atom stereocenters. The van der Waals surface area contributed by atoms with Gasteiger partial charge in [-0.2, -0.15) is 0 Å². The third kappa shape index (κ3) is 4.36. The van der Waals surface area contributed by atoms with E-state index in [0.29, 0.717) is 13.1 Å². The SMILES string of the molecule is CCN1CCN(C(=O)c2cc([N+](=O)[O-])cc([N+](=O)[O-])c2)CC1.Cl. The number of carbonyl (C=O) groups excluding carboxylic acids is 1. The number of benzene rings is 1. The number of piperazine rings is 1. The maximum atomic E-state index is 12.4. The summed E-state index contributed by atoms with van der Waals surface area (Å²) in [5.74, 6) is -0.414. The van der Waals surface area contributed by atoms with Gasteiger partial charge in [0.2, 0.25) is 0 Å². The number of nitrogens with zero attached hydrogens (tertiary/aromatic N) is 4. The number of rotatable bonds is 4. The number of halogens is 1. The van der Waals surface area contributed by atoms with Gasteiger partial charge in [-0.3, -0.25) is 25.0 Å². The summed E-state index contributed by atoms with van der Waals surface area (Å²) in [6.45, 7) is 5.37. The van der Waals surface area contributed by atoms with Crippen LogP contribution in [0.5, 0.6) is 0 Å². The lowest BCUT2D eigenvalue weighted by atomic mass is 10.1. The average Bonchev–Trinajstić information content (AvgIpc) is 2.53. The Kier molecular flexibility index (Phi) is 6.40. The van der Waals surface area contributed by atoms with E-state index in [1.165, 1.54) is 0 Å². The van der Waals surface area contributed by atoms with Crippen LogP contribution in [-0.4, -0.2) is 58.3 Å². The van der Waals surface area contributed by atoms with Crippen molar-refractivity contribution in [2.75, 3.05) is 32.7 Å². The highest BCUT2D eigenvalue weighted by Gasteiger charge is 2.25. The second-order valence-electron chi connectivity index (χ2n) is 4.98. The van der Waals surface area contributed by atoms with Crippen molar-refractivity contribution >= 4 is 29.7 Å². The molecule has 0 unspecified atom stereocenters. The quantitative estimate of drug-likeness (QED) is 0.607. The fourth-order valence-electron chi connectivity index (χ4n) is 2.38. The number of hydrogen-bond acceptors (Lipinski definition) is 6. The second-order valence-corrected chi connectivity index (χ2v) is 4.98. The Labute approximate surface area is 138 Å². The predicted molar refractivity (Wildman–Crippen MR) is 85.0 cm³/mol. The Morgan fingerprint density at radius 1 is 1.04 bits per heavy atom. The zero-order chi connectivity index (χ0) is 16.3. The molecule has 23 heavy (non-hydrogen) atoms. The number of nitro benzene ring substituents is 2. The summed E-state index contributed by atoms with van der Waals surface area (Å²) in [5, 5.41) is 21.7. The van der Waals surface area contributed by atoms with E-state index >= 15 is 0 Å². The van der Waals surface area contributed by atoms with E-state index in [-0.39, 0.29) is 18.0 Å². The molecular weight excluding hydrogens is 328 g/mol. The minimum Gasteiger partial charge on any atom is -0.336 e. The van der Waals surface area contributed by atoms with Crippen LogP contribution in [0.2, 0.25) is 0 Å². The van der Waals surface area contributed by atoms with Crippen LogP contribution in [0, 0.1) is 20.2 Å². The summed E-state index contributed by atoms with van der Waals surface area (Å²) in [4.78, 5) is 36.4. The van der Waals surface area contributed by atoms with Crippen molar-refractivity contribution in [2.45, 2.75) is 6.92 Å². The van der Waals surface area contributed by atoms with Gasteiger partial charge in [0.1, 0.15) is 0 Å². The van der Waals surface area contributed by atoms with E-state index in [0.717, 1.165) is 37.8 Å². The van der Waals surface area contributed by atoms with E-state index < -0.39 is 27.1 Å². The predicted octanol–water partition coefficient (Wildman–Crippen LogP) is 1.70. The number of non-ortho nitro benzene ring substituents is 2. The standard InChI is InChI=1S/C13H16N4O5.ClH/c1-2-14-3-5-15(6-4-14)13(18)10-7-11(16(19)20)9-12(8-10)17(21)22;/h7-9H,2-6H2,1H3;1H. The summed E-state index contributed by atoms with van der Waals surface area (Å²) in [6, 6.07) is 3.02. The van der Waals surface area contributed by atoms with Gasteiger partial charge in [-0.1, -0.05) is 6.92 Å². The summed E-state index contributed by atoms with van der Waals surface area (Å²) in [6.07, 6.45) is 0. The van der Waals surface area contributed by atoms with Gasteiger partial charge in [0.15, 0.2) is 0 Å². The lowest BCUT2D eigenvalue weighted by molar-refractivity contribution is -0.394. The van der Waals surface area contributed by atoms with Gasteiger partial charge in [-0.05, 0) is 6.54 Å². The number of likely N-dealkylation sites (N-methyl/N-ethyl adjacent to an activating group) is 1. The zero-order valence-corrected chi connectivity index (χ0v) is 13.3. The maximum absolute atomic E-state index is 12.4. The first-order valence-corrected chi connectivity index (χ1v) is 6.88. The smallest absolute Gasteiger partial charge is 0.277 e. The Morgan fingerprint density at radius 3 is 1.91 bits per heavy atom. The lowest BCUT2D eigenvalue weighted by Gasteiger charge is -2.34. The summed E-state index contributed by atoms with van der Waals surface area (Å²) < 4.78 is 0. The first kappa shape index (κ1) is 18.8. The fraction of sp³-hybridized carbons (Fsp3) is 0.462. The number of hydrogen-bond donors (Lipinski definition) is 0. The molecule has 9 nitrogen and oxygen atoms in total. The van der Waals surface area contributed by atoms with Crippen LogP contribution in [0.25, 0.3) is 0 Å². The molecule has 1 aromatic rings. The van der Waals surface area contributed by atoms with Gasteiger partial charge in [0.05, 0.1) is 21.5 Å². The van der Waals surface area contributed by atoms with Crippen molar-refractivity contribution in [2.24, 2.45) is 0 Å². The Hall–Kier alpha value is -2.26. The lowest BCUT2D eigenvalue weighted by Crippen LogP contribution is -2.48. The van der Waals surface area contributed by atoms with Crippen molar-refractivity contribution in [3.05, 3.63) is 44.0 Å². The van der Waals surface area contributed by atoms with Crippen molar-refractivity contribution < 1.29 is 14.6 Å². The monoisotopic (exact) mass is 344 g/mol. The maximum Gasteiger partial charge on any atom is 0.277 e. The highest BCUT2D eigenvalue weighted by atomic mass is 35.5. The summed E-state index contributed by atoms with van der Waals surface area (Å²) in [5.41, 5.74) is -0.930. The highest BCUT2D eigenvalue weighted by Crippen LogP contribution is 2.24. The number of nitro groups is 2. The molecule has 1 aliphatic rings. The second kappa shape index (κ2) is 7.84. The number of carbonyl (C=O) groups is 1. The van der Waals surface area contributed by atoms with Crippen LogP contribution in [0.15, 0.2) is 18.2 Å². The van der Waals surface area contributed by atoms with Gasteiger partial charge in [-0.15, -0.1) is 12.4 Å². The van der Waals surface area contributed by atoms with E-state index in [4.69, 9.17) is 0 Å². The van der Waals surface area contributed by atoms with Crippen molar-refractivity contribution in [3.8, 4) is 0 Å². The minimum absolute atomic E-state index is 0. The van der Waals surface area contributed by atoms with E-state index in [1.807, 2.05) is 6.92 Å². The van der Waals surface area contributed by atoms with Crippen molar-refractivity contribution in [3.63, 3.8) is 0 Å². The molecule has 0 radical (unpaired) electrons. The van der Waals surface area contributed by atoms with Crippen LogP contribution in [0.4, 0.5) is 11.4 Å². The van der Waals surface area contributed by atoms with Crippen LogP contribution in [0.3, 0.4) is 0 Å². The molecule has 1 heterocycles. The van der Waals surface area contributed by atoms with E-state index in [1.54, 1.807) is 4.90 Å². The zero-order valence-electron chi connectivity index (χ0n) is 12.5. The Morgan fingerprint density at radius 2 is 1.52 bits per heavy atom. The molecular formula is C13H17ClN4O5. The van der Waals surface area contributed by atoms with Crippen LogP contribution in [-0.2, 0) is 0 Å². The van der Waals surface area contributed by atoms with E-state index in [2.05, 4.69) is 4.90 Å². The molecule has 1 saturated heterocycles. The van der Waals surface area contributed by atoms with Crippen LogP contribution < -0.4 is 0 Å². The molecule has 0 aliphatic carbocycles. The molecule has 1 fully saturated rings. The summed E-state index contributed by atoms with van der Waals surface area (Å²) in [7, 11) is 0. The minimum atomic E-state index is -0.737. The normalized spacial score (nSPS) is 14.9. The molecule has 126 valence electrons. The molecule has 1 aromatic carbocycles. The largest absolute Gasteiger partial charge is 0.336 e. The molecule has 0 N–H and O–H groups in total. The topological polar surface area (TPSA) is 110 Å². The molecule has 0 bridgehead atoms. The van der Waals surface area contributed by atoms with Gasteiger partial charge in [0, 0.05) is 38.3 Å². The molecule has 2 rings (SSSR count). The Balaban J connectivity index is 0.00000264. The van der Waals surface area contributed by atoms with Gasteiger partial charge in [-0.25, -0.2) is 0 Å². The molecule has 10 heteroatoms. The first-order chi connectivity index (χ1) is 10.4. The molecule has 0 aromatic heterocycles. The van der Waals surface area contributed by atoms with E-state index in [9.17, 15) is 25.0 Å². The Bertz CT molecular complexity index is 584.